The number of halogens is 2. The molecule has 0 aliphatic carbocycles. The lowest BCUT2D eigenvalue weighted by Gasteiger charge is -2.48. The zero-order valence-electron chi connectivity index (χ0n) is 18.3. The third kappa shape index (κ3) is 4.66. The molecule has 2 fully saturated rings. The van der Waals surface area contributed by atoms with Gasteiger partial charge in [0.1, 0.15) is 11.5 Å². The predicted molar refractivity (Wildman–Crippen MR) is 119 cm³/mol. The van der Waals surface area contributed by atoms with Gasteiger partial charge in [-0.05, 0) is 44.2 Å². The number of aryl methyl sites for hydroxylation is 1. The number of anilines is 1. The molecule has 8 nitrogen and oxygen atoms in total. The molecule has 0 unspecified atom stereocenters. The van der Waals surface area contributed by atoms with Crippen LogP contribution in [0.3, 0.4) is 0 Å². The first kappa shape index (κ1) is 21.7. The van der Waals surface area contributed by atoms with Crippen molar-refractivity contribution in [2.24, 2.45) is 0 Å². The molecule has 0 radical (unpaired) electrons. The first-order chi connectivity index (χ1) is 16.0. The van der Waals surface area contributed by atoms with Crippen molar-refractivity contribution in [2.45, 2.75) is 63.6 Å². The highest BCUT2D eigenvalue weighted by Gasteiger charge is 2.41. The highest BCUT2D eigenvalue weighted by molar-refractivity contribution is 5.91. The monoisotopic (exact) mass is 456 g/mol. The van der Waals surface area contributed by atoms with Gasteiger partial charge in [0.25, 0.3) is 6.43 Å². The van der Waals surface area contributed by atoms with Crippen LogP contribution in [0.5, 0.6) is 0 Å². The fourth-order valence-electron chi connectivity index (χ4n) is 5.01. The molecule has 2 N–H and O–H groups in total. The molecule has 5 heterocycles. The minimum absolute atomic E-state index is 0.0134. The first-order valence-electron chi connectivity index (χ1n) is 11.3. The molecule has 10 heteroatoms. The molecule has 2 saturated heterocycles. The molecule has 0 saturated carbocycles. The average molecular weight is 456 g/mol. The maximum atomic E-state index is 13.2. The van der Waals surface area contributed by atoms with Crippen LogP contribution in [0.4, 0.5) is 19.4 Å². The molecular formula is C23H26F2N6O2. The number of piperidine rings is 2. The number of hydrogen-bond acceptors (Lipinski definition) is 6. The maximum Gasteiger partial charge on any atom is 0.323 e. The van der Waals surface area contributed by atoms with Crippen LogP contribution in [0, 0.1) is 6.92 Å². The van der Waals surface area contributed by atoms with E-state index in [1.54, 1.807) is 25.4 Å². The minimum Gasteiger partial charge on any atom is -0.439 e. The Morgan fingerprint density at radius 1 is 1.21 bits per heavy atom. The number of aromatic nitrogens is 3. The normalized spacial score (nSPS) is 22.7. The Morgan fingerprint density at radius 2 is 2.00 bits per heavy atom. The Hall–Kier alpha value is -3.14. The van der Waals surface area contributed by atoms with E-state index in [4.69, 9.17) is 4.42 Å². The van der Waals surface area contributed by atoms with Crippen molar-refractivity contribution in [3.63, 3.8) is 0 Å². The van der Waals surface area contributed by atoms with E-state index in [0.29, 0.717) is 41.5 Å². The highest BCUT2D eigenvalue weighted by atomic mass is 19.3. The number of pyridine rings is 2. The summed E-state index contributed by atoms with van der Waals surface area (Å²) in [4.78, 5) is 28.2. The second-order valence-corrected chi connectivity index (χ2v) is 8.75. The van der Waals surface area contributed by atoms with Gasteiger partial charge in [0.15, 0.2) is 11.7 Å². The van der Waals surface area contributed by atoms with Crippen molar-refractivity contribution >= 4 is 22.8 Å². The number of carbonyl (C=O) groups excluding carboxylic acids is 1. The number of nitrogens with zero attached hydrogens (tertiary/aromatic N) is 4. The van der Waals surface area contributed by atoms with E-state index in [1.165, 1.54) is 0 Å². The second-order valence-electron chi connectivity index (χ2n) is 8.75. The summed E-state index contributed by atoms with van der Waals surface area (Å²) in [5, 5.41) is 6.72. The van der Waals surface area contributed by atoms with Crippen molar-refractivity contribution in [1.82, 2.24) is 25.2 Å². The minimum atomic E-state index is -2.37. The number of rotatable bonds is 5. The molecule has 33 heavy (non-hydrogen) atoms. The topological polar surface area (TPSA) is 96.2 Å². The molecule has 174 valence electrons. The summed E-state index contributed by atoms with van der Waals surface area (Å²) in [5.41, 5.74) is 1.33. The number of oxazole rings is 1. The quantitative estimate of drug-likeness (QED) is 0.592. The first-order valence-corrected chi connectivity index (χ1v) is 11.3. The van der Waals surface area contributed by atoms with E-state index in [-0.39, 0.29) is 30.7 Å². The molecule has 3 atom stereocenters. The van der Waals surface area contributed by atoms with Crippen LogP contribution >= 0.6 is 0 Å². The number of nitrogens with one attached hydrogen (secondary N) is 2. The summed E-state index contributed by atoms with van der Waals surface area (Å²) < 4.78 is 30.8. The van der Waals surface area contributed by atoms with E-state index in [2.05, 4.69) is 25.6 Å². The van der Waals surface area contributed by atoms with Crippen molar-refractivity contribution < 1.29 is 18.0 Å². The van der Waals surface area contributed by atoms with E-state index in [0.717, 1.165) is 24.6 Å². The van der Waals surface area contributed by atoms with Gasteiger partial charge in [0, 0.05) is 42.7 Å². The lowest BCUT2D eigenvalue weighted by Crippen LogP contribution is -2.59. The summed E-state index contributed by atoms with van der Waals surface area (Å²) in [6.45, 7) is 1.47. The fraction of sp³-hybridized carbons (Fsp3) is 0.478. The summed E-state index contributed by atoms with van der Waals surface area (Å²) in [7, 11) is 0. The molecule has 0 spiro atoms. The van der Waals surface area contributed by atoms with Gasteiger partial charge in [-0.15, -0.1) is 0 Å². The number of fused-ring (bicyclic) bond motifs is 3. The molecule has 2 amide bonds. The van der Waals surface area contributed by atoms with Gasteiger partial charge < -0.3 is 14.6 Å². The largest absolute Gasteiger partial charge is 0.439 e. The van der Waals surface area contributed by atoms with Crippen molar-refractivity contribution in [2.75, 3.05) is 11.9 Å². The molecule has 2 aliphatic rings. The van der Waals surface area contributed by atoms with Gasteiger partial charge >= 0.3 is 6.03 Å². The summed E-state index contributed by atoms with van der Waals surface area (Å²) in [5.74, 6) is 1.56. The SMILES string of the molecule is Cc1ncc(-c2ccc3cnc(NC(=O)N4[C@@H]5CCC[C@H]4C[C@@H](NCC(F)F)C5)cc3n2)o1. The van der Waals surface area contributed by atoms with Crippen LogP contribution in [-0.4, -0.2) is 57.0 Å². The molecule has 3 aromatic rings. The van der Waals surface area contributed by atoms with E-state index in [1.807, 2.05) is 17.0 Å². The lowest BCUT2D eigenvalue weighted by molar-refractivity contribution is 0.0548. The Morgan fingerprint density at radius 3 is 2.70 bits per heavy atom. The van der Waals surface area contributed by atoms with Crippen LogP contribution in [0.1, 0.15) is 38.0 Å². The van der Waals surface area contributed by atoms with Crippen LogP contribution in [0.2, 0.25) is 0 Å². The Bertz CT molecular complexity index is 1140. The summed E-state index contributed by atoms with van der Waals surface area (Å²) >= 11 is 0. The van der Waals surface area contributed by atoms with Gasteiger partial charge in [-0.1, -0.05) is 0 Å². The number of hydrogen-bond donors (Lipinski definition) is 2. The van der Waals surface area contributed by atoms with E-state index in [9.17, 15) is 13.6 Å². The third-order valence-corrected chi connectivity index (χ3v) is 6.45. The standard InChI is InChI=1S/C23H26F2N6O2/c1-13-26-11-20(33-13)18-6-5-14-10-28-22(9-19(14)29-18)30-23(32)31-16-3-2-4-17(31)8-15(7-16)27-12-21(24)25/h5-6,9-11,15-17,21,27H,2-4,7-8,12H2,1H3,(H,28,30,32)/t15-,16+,17-. The van der Waals surface area contributed by atoms with Crippen molar-refractivity contribution in [3.05, 3.63) is 36.5 Å². The van der Waals surface area contributed by atoms with Gasteiger partial charge in [0.2, 0.25) is 0 Å². The van der Waals surface area contributed by atoms with Crippen LogP contribution in [0.25, 0.3) is 22.4 Å². The molecule has 0 aromatic carbocycles. The lowest BCUT2D eigenvalue weighted by atomic mass is 9.82. The molecule has 2 bridgehead atoms. The zero-order chi connectivity index (χ0) is 22.9. The average Bonchev–Trinajstić information content (AvgIpc) is 3.22. The van der Waals surface area contributed by atoms with Crippen molar-refractivity contribution in [1.29, 1.82) is 0 Å². The van der Waals surface area contributed by atoms with Crippen LogP contribution in [0.15, 0.2) is 35.0 Å². The number of alkyl halides is 2. The summed E-state index contributed by atoms with van der Waals surface area (Å²) in [6, 6.07) is 5.36. The third-order valence-electron chi connectivity index (χ3n) is 6.45. The van der Waals surface area contributed by atoms with Gasteiger partial charge in [-0.2, -0.15) is 0 Å². The Labute approximate surface area is 189 Å². The predicted octanol–water partition coefficient (Wildman–Crippen LogP) is 4.37. The Kier molecular flexibility index (Phi) is 5.92. The number of urea groups is 1. The second kappa shape index (κ2) is 9.01. The zero-order valence-corrected chi connectivity index (χ0v) is 18.3. The molecule has 3 aromatic heterocycles. The molecule has 2 aliphatic heterocycles. The van der Waals surface area contributed by atoms with Crippen LogP contribution in [-0.2, 0) is 0 Å². The van der Waals surface area contributed by atoms with Gasteiger partial charge in [0.05, 0.1) is 18.3 Å². The van der Waals surface area contributed by atoms with Gasteiger partial charge in [-0.3, -0.25) is 5.32 Å². The fourth-order valence-corrected chi connectivity index (χ4v) is 5.01. The van der Waals surface area contributed by atoms with Crippen molar-refractivity contribution in [3.8, 4) is 11.5 Å². The number of carbonyl (C=O) groups is 1. The van der Waals surface area contributed by atoms with Gasteiger partial charge in [-0.25, -0.2) is 28.5 Å². The molecular weight excluding hydrogens is 430 g/mol. The maximum absolute atomic E-state index is 13.2. The summed E-state index contributed by atoms with van der Waals surface area (Å²) in [6.07, 6.45) is 5.11. The van der Waals surface area contributed by atoms with Crippen LogP contribution < -0.4 is 10.6 Å². The van der Waals surface area contributed by atoms with E-state index < -0.39 is 6.43 Å². The Balaban J connectivity index is 1.31. The molecule has 5 rings (SSSR count). The number of amides is 2. The highest BCUT2D eigenvalue weighted by Crippen LogP contribution is 2.34. The van der Waals surface area contributed by atoms with E-state index >= 15 is 0 Å². The smallest absolute Gasteiger partial charge is 0.323 e.